The van der Waals surface area contributed by atoms with Gasteiger partial charge in [0.05, 0.1) is 5.69 Å². The SMILES string of the molecule is CC(=O)c1cccn1Cc1ccc(F)cc1Br. The number of Topliss-reactive ketones (excluding diaryl/α,β-unsaturated/α-hetero) is 1. The Hall–Kier alpha value is -1.42. The lowest BCUT2D eigenvalue weighted by atomic mass is 10.2. The Morgan fingerprint density at radius 2 is 2.18 bits per heavy atom. The maximum absolute atomic E-state index is 12.9. The van der Waals surface area contributed by atoms with Crippen molar-refractivity contribution in [1.82, 2.24) is 4.57 Å². The molecule has 4 heteroatoms. The quantitative estimate of drug-likeness (QED) is 0.793. The second kappa shape index (κ2) is 4.84. The van der Waals surface area contributed by atoms with Gasteiger partial charge in [0.2, 0.25) is 0 Å². The van der Waals surface area contributed by atoms with Gasteiger partial charge in [0.15, 0.2) is 5.78 Å². The second-order valence-electron chi connectivity index (χ2n) is 3.81. The Labute approximate surface area is 107 Å². The lowest BCUT2D eigenvalue weighted by Gasteiger charge is -2.09. The summed E-state index contributed by atoms with van der Waals surface area (Å²) in [6.45, 7) is 2.08. The highest BCUT2D eigenvalue weighted by Crippen LogP contribution is 2.20. The molecule has 2 nitrogen and oxygen atoms in total. The monoisotopic (exact) mass is 295 g/mol. The predicted molar refractivity (Wildman–Crippen MR) is 67.6 cm³/mol. The van der Waals surface area contributed by atoms with E-state index in [4.69, 9.17) is 0 Å². The van der Waals surface area contributed by atoms with Crippen molar-refractivity contribution in [3.05, 3.63) is 58.1 Å². The van der Waals surface area contributed by atoms with Crippen LogP contribution in [0.15, 0.2) is 41.0 Å². The van der Waals surface area contributed by atoms with Crippen LogP contribution in [-0.4, -0.2) is 10.4 Å². The summed E-state index contributed by atoms with van der Waals surface area (Å²) in [6, 6.07) is 8.15. The van der Waals surface area contributed by atoms with E-state index in [-0.39, 0.29) is 11.6 Å². The van der Waals surface area contributed by atoms with Crippen LogP contribution in [-0.2, 0) is 6.54 Å². The van der Waals surface area contributed by atoms with Gasteiger partial charge in [-0.05, 0) is 29.8 Å². The maximum Gasteiger partial charge on any atom is 0.176 e. The summed E-state index contributed by atoms with van der Waals surface area (Å²) in [7, 11) is 0. The van der Waals surface area contributed by atoms with Gasteiger partial charge >= 0.3 is 0 Å². The number of halogens is 2. The molecule has 0 bridgehead atoms. The molecule has 2 aromatic rings. The Morgan fingerprint density at radius 3 is 2.82 bits per heavy atom. The molecule has 0 fully saturated rings. The van der Waals surface area contributed by atoms with Gasteiger partial charge in [-0.25, -0.2) is 4.39 Å². The van der Waals surface area contributed by atoms with Crippen LogP contribution < -0.4 is 0 Å². The van der Waals surface area contributed by atoms with Crippen LogP contribution in [0.1, 0.15) is 23.0 Å². The molecular formula is C13H11BrFNO. The molecule has 0 spiro atoms. The topological polar surface area (TPSA) is 22.0 Å². The minimum absolute atomic E-state index is 0.0215. The standard InChI is InChI=1S/C13H11BrFNO/c1-9(17)13-3-2-6-16(13)8-10-4-5-11(15)7-12(10)14/h2-7H,8H2,1H3. The third-order valence-electron chi connectivity index (χ3n) is 2.55. The molecule has 1 aromatic heterocycles. The molecule has 0 saturated carbocycles. The van der Waals surface area contributed by atoms with Gasteiger partial charge in [-0.1, -0.05) is 22.0 Å². The molecule has 0 radical (unpaired) electrons. The Kier molecular flexibility index (Phi) is 3.43. The van der Waals surface area contributed by atoms with Crippen molar-refractivity contribution in [1.29, 1.82) is 0 Å². The fourth-order valence-electron chi connectivity index (χ4n) is 1.71. The first-order valence-corrected chi connectivity index (χ1v) is 5.97. The van der Waals surface area contributed by atoms with E-state index >= 15 is 0 Å². The van der Waals surface area contributed by atoms with Gasteiger partial charge in [-0.15, -0.1) is 0 Å². The number of carbonyl (C=O) groups is 1. The van der Waals surface area contributed by atoms with E-state index in [1.807, 2.05) is 16.8 Å². The first-order valence-electron chi connectivity index (χ1n) is 5.18. The summed E-state index contributed by atoms with van der Waals surface area (Å²) in [6.07, 6.45) is 1.84. The van der Waals surface area contributed by atoms with Gasteiger partial charge in [0.1, 0.15) is 5.82 Å². The van der Waals surface area contributed by atoms with Crippen LogP contribution in [0.2, 0.25) is 0 Å². The number of hydrogen-bond donors (Lipinski definition) is 0. The second-order valence-corrected chi connectivity index (χ2v) is 4.67. The summed E-state index contributed by atoms with van der Waals surface area (Å²) < 4.78 is 15.5. The third kappa shape index (κ3) is 2.64. The number of nitrogens with zero attached hydrogens (tertiary/aromatic N) is 1. The zero-order valence-corrected chi connectivity index (χ0v) is 10.9. The van der Waals surface area contributed by atoms with Crippen molar-refractivity contribution in [2.45, 2.75) is 13.5 Å². The average Bonchev–Trinajstić information content (AvgIpc) is 2.70. The van der Waals surface area contributed by atoms with Gasteiger partial charge in [-0.3, -0.25) is 4.79 Å². The van der Waals surface area contributed by atoms with E-state index < -0.39 is 0 Å². The summed E-state index contributed by atoms with van der Waals surface area (Å²) >= 11 is 3.32. The fourth-order valence-corrected chi connectivity index (χ4v) is 2.18. The molecule has 0 N–H and O–H groups in total. The number of ketones is 1. The van der Waals surface area contributed by atoms with E-state index in [9.17, 15) is 9.18 Å². The first kappa shape index (κ1) is 12.0. The molecule has 0 atom stereocenters. The van der Waals surface area contributed by atoms with Crippen LogP contribution in [0, 0.1) is 5.82 Å². The van der Waals surface area contributed by atoms with Crippen LogP contribution in [0.5, 0.6) is 0 Å². The minimum Gasteiger partial charge on any atom is -0.341 e. The summed E-state index contributed by atoms with van der Waals surface area (Å²) in [5.74, 6) is -0.256. The van der Waals surface area contributed by atoms with E-state index in [1.165, 1.54) is 19.1 Å². The van der Waals surface area contributed by atoms with Gasteiger partial charge < -0.3 is 4.57 Å². The zero-order chi connectivity index (χ0) is 12.4. The molecule has 17 heavy (non-hydrogen) atoms. The van der Waals surface area contributed by atoms with E-state index in [0.29, 0.717) is 16.7 Å². The van der Waals surface area contributed by atoms with E-state index in [0.717, 1.165) is 5.56 Å². The van der Waals surface area contributed by atoms with Crippen LogP contribution >= 0.6 is 15.9 Å². The Bertz CT molecular complexity index is 562. The fraction of sp³-hybridized carbons (Fsp3) is 0.154. The van der Waals surface area contributed by atoms with Crippen LogP contribution in [0.4, 0.5) is 4.39 Å². The Morgan fingerprint density at radius 1 is 1.41 bits per heavy atom. The summed E-state index contributed by atoms with van der Waals surface area (Å²) in [5, 5.41) is 0. The highest BCUT2D eigenvalue weighted by Gasteiger charge is 2.08. The molecule has 0 aliphatic rings. The van der Waals surface area contributed by atoms with Gasteiger partial charge in [-0.2, -0.15) is 0 Å². The van der Waals surface area contributed by atoms with Crippen molar-refractivity contribution in [2.24, 2.45) is 0 Å². The van der Waals surface area contributed by atoms with Crippen molar-refractivity contribution in [2.75, 3.05) is 0 Å². The molecule has 0 aliphatic carbocycles. The first-order chi connectivity index (χ1) is 8.08. The largest absolute Gasteiger partial charge is 0.341 e. The number of benzene rings is 1. The number of carbonyl (C=O) groups excluding carboxylic acids is 1. The highest BCUT2D eigenvalue weighted by atomic mass is 79.9. The number of aromatic nitrogens is 1. The molecular weight excluding hydrogens is 285 g/mol. The van der Waals surface area contributed by atoms with E-state index in [1.54, 1.807) is 12.1 Å². The molecule has 2 rings (SSSR count). The number of rotatable bonds is 3. The van der Waals surface area contributed by atoms with Crippen molar-refractivity contribution < 1.29 is 9.18 Å². The van der Waals surface area contributed by atoms with Crippen LogP contribution in [0.3, 0.4) is 0 Å². The normalized spacial score (nSPS) is 10.5. The lowest BCUT2D eigenvalue weighted by Crippen LogP contribution is -2.07. The summed E-state index contributed by atoms with van der Waals surface area (Å²) in [4.78, 5) is 11.4. The third-order valence-corrected chi connectivity index (χ3v) is 3.28. The summed E-state index contributed by atoms with van der Waals surface area (Å²) in [5.41, 5.74) is 1.59. The average molecular weight is 296 g/mol. The Balaban J connectivity index is 2.31. The molecule has 0 unspecified atom stereocenters. The molecule has 1 aromatic carbocycles. The minimum atomic E-state index is -0.278. The molecule has 1 heterocycles. The number of hydrogen-bond acceptors (Lipinski definition) is 1. The maximum atomic E-state index is 12.9. The zero-order valence-electron chi connectivity index (χ0n) is 9.28. The molecule has 0 amide bonds. The lowest BCUT2D eigenvalue weighted by molar-refractivity contribution is 0.100. The van der Waals surface area contributed by atoms with Gasteiger partial charge in [0, 0.05) is 24.1 Å². The van der Waals surface area contributed by atoms with Crippen molar-refractivity contribution in [3.63, 3.8) is 0 Å². The highest BCUT2D eigenvalue weighted by molar-refractivity contribution is 9.10. The van der Waals surface area contributed by atoms with Crippen molar-refractivity contribution in [3.8, 4) is 0 Å². The van der Waals surface area contributed by atoms with Crippen molar-refractivity contribution >= 4 is 21.7 Å². The molecule has 88 valence electrons. The molecule has 0 saturated heterocycles. The predicted octanol–water partition coefficient (Wildman–Crippen LogP) is 3.64. The van der Waals surface area contributed by atoms with Crippen LogP contribution in [0.25, 0.3) is 0 Å². The van der Waals surface area contributed by atoms with Gasteiger partial charge in [0.25, 0.3) is 0 Å². The van der Waals surface area contributed by atoms with E-state index in [2.05, 4.69) is 15.9 Å². The molecule has 0 aliphatic heterocycles. The smallest absolute Gasteiger partial charge is 0.176 e.